The van der Waals surface area contributed by atoms with Crippen LogP contribution in [-0.2, 0) is 13.0 Å². The number of aryl methyl sites for hydroxylation is 1. The summed E-state index contributed by atoms with van der Waals surface area (Å²) in [7, 11) is 0. The van der Waals surface area contributed by atoms with Crippen LogP contribution < -0.4 is 10.6 Å². The standard InChI is InChI=1S/C12H22N4/c1-2-3-11-8-12(16-15-11)9-13-6-7-14-10-4-5-10/h8,10,13-14H,2-7,9H2,1H3,(H,15,16). The maximum absolute atomic E-state index is 4.26. The predicted molar refractivity (Wildman–Crippen MR) is 65.3 cm³/mol. The van der Waals surface area contributed by atoms with Gasteiger partial charge in [0.1, 0.15) is 0 Å². The first kappa shape index (κ1) is 11.6. The molecule has 0 unspecified atom stereocenters. The van der Waals surface area contributed by atoms with Gasteiger partial charge in [-0.2, -0.15) is 5.10 Å². The number of hydrogen-bond acceptors (Lipinski definition) is 3. The average Bonchev–Trinajstić information content (AvgIpc) is 2.99. The van der Waals surface area contributed by atoms with Gasteiger partial charge in [0.15, 0.2) is 0 Å². The Morgan fingerprint density at radius 2 is 2.31 bits per heavy atom. The van der Waals surface area contributed by atoms with Crippen molar-refractivity contribution in [1.29, 1.82) is 0 Å². The maximum atomic E-state index is 4.26. The van der Waals surface area contributed by atoms with Gasteiger partial charge < -0.3 is 10.6 Å². The van der Waals surface area contributed by atoms with Crippen LogP contribution in [0.3, 0.4) is 0 Å². The molecule has 2 rings (SSSR count). The molecule has 1 aromatic rings. The molecule has 0 aliphatic heterocycles. The highest BCUT2D eigenvalue weighted by molar-refractivity contribution is 5.08. The molecule has 1 aromatic heterocycles. The quantitative estimate of drug-likeness (QED) is 0.579. The van der Waals surface area contributed by atoms with Crippen LogP contribution in [0.1, 0.15) is 37.6 Å². The Morgan fingerprint density at radius 1 is 1.44 bits per heavy atom. The number of nitrogens with one attached hydrogen (secondary N) is 3. The monoisotopic (exact) mass is 222 g/mol. The Kier molecular flexibility index (Phi) is 4.36. The molecule has 4 heteroatoms. The Hall–Kier alpha value is -0.870. The van der Waals surface area contributed by atoms with Crippen LogP contribution in [-0.4, -0.2) is 29.3 Å². The summed E-state index contributed by atoms with van der Waals surface area (Å²) in [6.45, 7) is 5.17. The van der Waals surface area contributed by atoms with E-state index in [2.05, 4.69) is 33.8 Å². The van der Waals surface area contributed by atoms with Gasteiger partial charge in [-0.3, -0.25) is 5.10 Å². The Bertz CT molecular complexity index is 304. The Morgan fingerprint density at radius 3 is 3.06 bits per heavy atom. The smallest absolute Gasteiger partial charge is 0.0625 e. The van der Waals surface area contributed by atoms with E-state index in [1.165, 1.54) is 24.2 Å². The lowest BCUT2D eigenvalue weighted by Crippen LogP contribution is -2.28. The van der Waals surface area contributed by atoms with E-state index < -0.39 is 0 Å². The molecule has 4 nitrogen and oxygen atoms in total. The molecular formula is C12H22N4. The van der Waals surface area contributed by atoms with Crippen molar-refractivity contribution in [2.45, 2.75) is 45.2 Å². The van der Waals surface area contributed by atoms with Gasteiger partial charge in [-0.1, -0.05) is 13.3 Å². The number of aromatic nitrogens is 2. The molecule has 0 amide bonds. The van der Waals surface area contributed by atoms with Crippen LogP contribution >= 0.6 is 0 Å². The first-order chi connectivity index (χ1) is 7.88. The molecule has 3 N–H and O–H groups in total. The minimum absolute atomic E-state index is 0.810. The summed E-state index contributed by atoms with van der Waals surface area (Å²) in [5, 5.41) is 14.2. The van der Waals surface area contributed by atoms with Crippen LogP contribution in [0.15, 0.2) is 6.07 Å². The summed E-state index contributed by atoms with van der Waals surface area (Å²) in [6.07, 6.45) is 4.95. The molecule has 0 bridgehead atoms. The van der Waals surface area contributed by atoms with Gasteiger partial charge in [0, 0.05) is 31.4 Å². The second-order valence-corrected chi connectivity index (χ2v) is 4.54. The molecule has 1 fully saturated rings. The number of aromatic amines is 1. The highest BCUT2D eigenvalue weighted by atomic mass is 15.1. The zero-order valence-corrected chi connectivity index (χ0v) is 10.1. The number of nitrogens with zero attached hydrogens (tertiary/aromatic N) is 1. The minimum Gasteiger partial charge on any atom is -0.313 e. The largest absolute Gasteiger partial charge is 0.313 e. The van der Waals surface area contributed by atoms with Gasteiger partial charge in [0.25, 0.3) is 0 Å². The molecule has 90 valence electrons. The molecule has 0 aromatic carbocycles. The van der Waals surface area contributed by atoms with Crippen LogP contribution in [0.5, 0.6) is 0 Å². The fourth-order valence-corrected chi connectivity index (χ4v) is 1.76. The summed E-state index contributed by atoms with van der Waals surface area (Å²) in [6, 6.07) is 2.97. The molecule has 1 saturated carbocycles. The highest BCUT2D eigenvalue weighted by Crippen LogP contribution is 2.17. The second-order valence-electron chi connectivity index (χ2n) is 4.54. The van der Waals surface area contributed by atoms with Gasteiger partial charge >= 0.3 is 0 Å². The van der Waals surface area contributed by atoms with E-state index in [9.17, 15) is 0 Å². The molecule has 0 saturated heterocycles. The van der Waals surface area contributed by atoms with E-state index in [1.807, 2.05) is 0 Å². The van der Waals surface area contributed by atoms with Crippen molar-refractivity contribution in [3.8, 4) is 0 Å². The van der Waals surface area contributed by atoms with E-state index in [-0.39, 0.29) is 0 Å². The summed E-state index contributed by atoms with van der Waals surface area (Å²) >= 11 is 0. The van der Waals surface area contributed by atoms with Crippen molar-refractivity contribution in [3.05, 3.63) is 17.5 Å². The second kappa shape index (κ2) is 6.01. The van der Waals surface area contributed by atoms with Crippen molar-refractivity contribution >= 4 is 0 Å². The summed E-state index contributed by atoms with van der Waals surface area (Å²) in [4.78, 5) is 0. The van der Waals surface area contributed by atoms with Gasteiger partial charge in [-0.25, -0.2) is 0 Å². The van der Waals surface area contributed by atoms with Crippen LogP contribution in [0, 0.1) is 0 Å². The number of rotatable bonds is 8. The highest BCUT2D eigenvalue weighted by Gasteiger charge is 2.19. The topological polar surface area (TPSA) is 52.7 Å². The third-order valence-electron chi connectivity index (χ3n) is 2.82. The maximum Gasteiger partial charge on any atom is 0.0625 e. The fourth-order valence-electron chi connectivity index (χ4n) is 1.76. The normalized spacial score (nSPS) is 15.6. The van der Waals surface area contributed by atoms with Crippen molar-refractivity contribution in [2.24, 2.45) is 0 Å². The van der Waals surface area contributed by atoms with Crippen molar-refractivity contribution in [3.63, 3.8) is 0 Å². The van der Waals surface area contributed by atoms with E-state index in [1.54, 1.807) is 0 Å². The zero-order chi connectivity index (χ0) is 11.2. The van der Waals surface area contributed by atoms with Gasteiger partial charge in [0.05, 0.1) is 5.69 Å². The molecule has 16 heavy (non-hydrogen) atoms. The van der Waals surface area contributed by atoms with Crippen LogP contribution in [0.4, 0.5) is 0 Å². The Labute approximate surface area is 97.2 Å². The summed E-state index contributed by atoms with van der Waals surface area (Å²) < 4.78 is 0. The lowest BCUT2D eigenvalue weighted by atomic mass is 10.2. The number of H-pyrrole nitrogens is 1. The lowest BCUT2D eigenvalue weighted by molar-refractivity contribution is 0.603. The average molecular weight is 222 g/mol. The van der Waals surface area contributed by atoms with Gasteiger partial charge in [0.2, 0.25) is 0 Å². The van der Waals surface area contributed by atoms with Crippen molar-refractivity contribution in [2.75, 3.05) is 13.1 Å². The summed E-state index contributed by atoms with van der Waals surface area (Å²) in [5.41, 5.74) is 2.37. The fraction of sp³-hybridized carbons (Fsp3) is 0.750. The van der Waals surface area contributed by atoms with Crippen molar-refractivity contribution < 1.29 is 0 Å². The summed E-state index contributed by atoms with van der Waals surface area (Å²) in [5.74, 6) is 0. The van der Waals surface area contributed by atoms with Gasteiger partial charge in [-0.15, -0.1) is 0 Å². The third kappa shape index (κ3) is 3.94. The van der Waals surface area contributed by atoms with Crippen molar-refractivity contribution in [1.82, 2.24) is 20.8 Å². The predicted octanol–water partition coefficient (Wildman–Crippen LogP) is 1.20. The van der Waals surface area contributed by atoms with Gasteiger partial charge in [-0.05, 0) is 25.3 Å². The van der Waals surface area contributed by atoms with E-state index in [0.29, 0.717) is 0 Å². The third-order valence-corrected chi connectivity index (χ3v) is 2.82. The molecular weight excluding hydrogens is 200 g/mol. The first-order valence-electron chi connectivity index (χ1n) is 6.35. The molecule has 1 aliphatic carbocycles. The molecule has 0 spiro atoms. The number of hydrogen-bond donors (Lipinski definition) is 3. The minimum atomic E-state index is 0.810. The Balaban J connectivity index is 1.56. The SMILES string of the molecule is CCCc1cc(CNCCNC2CC2)[nH]n1. The molecule has 1 aliphatic rings. The van der Waals surface area contributed by atoms with Crippen LogP contribution in [0.25, 0.3) is 0 Å². The first-order valence-corrected chi connectivity index (χ1v) is 6.35. The van der Waals surface area contributed by atoms with E-state index in [4.69, 9.17) is 0 Å². The van der Waals surface area contributed by atoms with Crippen LogP contribution in [0.2, 0.25) is 0 Å². The molecule has 1 heterocycles. The molecule has 0 atom stereocenters. The molecule has 0 radical (unpaired) electrons. The van der Waals surface area contributed by atoms with E-state index in [0.717, 1.165) is 38.5 Å². The van der Waals surface area contributed by atoms with E-state index >= 15 is 0 Å². The lowest BCUT2D eigenvalue weighted by Gasteiger charge is -2.03. The zero-order valence-electron chi connectivity index (χ0n) is 10.1.